The van der Waals surface area contributed by atoms with Crippen molar-refractivity contribution in [2.24, 2.45) is 0 Å². The fourth-order valence-electron chi connectivity index (χ4n) is 2.48. The highest BCUT2D eigenvalue weighted by Gasteiger charge is 2.04. The predicted molar refractivity (Wildman–Crippen MR) is 84.6 cm³/mol. The van der Waals surface area contributed by atoms with E-state index in [1.54, 1.807) is 0 Å². The van der Waals surface area contributed by atoms with Gasteiger partial charge in [-0.25, -0.2) is 0 Å². The third-order valence-corrected chi connectivity index (χ3v) is 3.39. The molecule has 0 atom stereocenters. The van der Waals surface area contributed by atoms with Crippen LogP contribution in [0.25, 0.3) is 0 Å². The van der Waals surface area contributed by atoms with Crippen LogP contribution in [0, 0.1) is 20.8 Å². The number of ether oxygens (including phenoxy) is 1. The Kier molecular flexibility index (Phi) is 8.31. The van der Waals surface area contributed by atoms with Crippen LogP contribution in [-0.4, -0.2) is 31.4 Å². The molecule has 0 fully saturated rings. The van der Waals surface area contributed by atoms with Crippen molar-refractivity contribution >= 4 is 0 Å². The second-order valence-electron chi connectivity index (χ2n) is 5.46. The van der Waals surface area contributed by atoms with Crippen molar-refractivity contribution in [3.05, 3.63) is 28.8 Å². The van der Waals surface area contributed by atoms with Gasteiger partial charge in [0.1, 0.15) is 5.75 Å². The van der Waals surface area contributed by atoms with E-state index in [9.17, 15) is 0 Å². The number of aryl methyl sites for hydroxylation is 3. The first kappa shape index (κ1) is 17.0. The largest absolute Gasteiger partial charge is 0.493 e. The van der Waals surface area contributed by atoms with Crippen LogP contribution in [-0.2, 0) is 0 Å². The van der Waals surface area contributed by atoms with Gasteiger partial charge in [0.15, 0.2) is 0 Å². The molecular weight excluding hydrogens is 250 g/mol. The van der Waals surface area contributed by atoms with Gasteiger partial charge in [0, 0.05) is 6.54 Å². The van der Waals surface area contributed by atoms with Gasteiger partial charge in [0.05, 0.1) is 13.2 Å². The molecule has 20 heavy (non-hydrogen) atoms. The van der Waals surface area contributed by atoms with E-state index in [1.165, 1.54) is 36.0 Å². The van der Waals surface area contributed by atoms with Crippen LogP contribution in [0.4, 0.5) is 0 Å². The molecule has 114 valence electrons. The Morgan fingerprint density at radius 1 is 0.950 bits per heavy atom. The number of hydrogen-bond donors (Lipinski definition) is 2. The van der Waals surface area contributed by atoms with E-state index < -0.39 is 0 Å². The van der Waals surface area contributed by atoms with E-state index in [0.717, 1.165) is 25.3 Å². The number of aliphatic hydroxyl groups is 1. The smallest absolute Gasteiger partial charge is 0.125 e. The molecule has 0 aliphatic rings. The first-order chi connectivity index (χ1) is 9.65. The van der Waals surface area contributed by atoms with Crippen molar-refractivity contribution in [1.82, 2.24) is 5.32 Å². The van der Waals surface area contributed by atoms with E-state index in [4.69, 9.17) is 9.84 Å². The number of aliphatic hydroxyl groups excluding tert-OH is 1. The van der Waals surface area contributed by atoms with Gasteiger partial charge in [-0.1, -0.05) is 30.5 Å². The molecule has 0 radical (unpaired) electrons. The van der Waals surface area contributed by atoms with E-state index in [1.807, 2.05) is 0 Å². The Balaban J connectivity index is 2.13. The van der Waals surface area contributed by atoms with E-state index in [0.29, 0.717) is 6.54 Å². The third-order valence-electron chi connectivity index (χ3n) is 3.39. The van der Waals surface area contributed by atoms with Gasteiger partial charge < -0.3 is 15.2 Å². The number of unbranched alkanes of at least 4 members (excludes halogenated alkanes) is 3. The molecule has 0 saturated carbocycles. The average Bonchev–Trinajstić information content (AvgIpc) is 2.39. The molecule has 1 rings (SSSR count). The maximum absolute atomic E-state index is 8.63. The zero-order valence-corrected chi connectivity index (χ0v) is 13.2. The highest BCUT2D eigenvalue weighted by Crippen LogP contribution is 2.24. The van der Waals surface area contributed by atoms with Crippen molar-refractivity contribution in [3.63, 3.8) is 0 Å². The molecule has 0 amide bonds. The minimum atomic E-state index is 0.225. The molecule has 0 spiro atoms. The van der Waals surface area contributed by atoms with Crippen LogP contribution in [0.2, 0.25) is 0 Å². The second-order valence-corrected chi connectivity index (χ2v) is 5.46. The summed E-state index contributed by atoms with van der Waals surface area (Å²) in [5.74, 6) is 1.06. The van der Waals surface area contributed by atoms with Crippen molar-refractivity contribution < 1.29 is 9.84 Å². The van der Waals surface area contributed by atoms with Crippen LogP contribution in [0.1, 0.15) is 42.4 Å². The van der Waals surface area contributed by atoms with Gasteiger partial charge in [-0.05, 0) is 51.3 Å². The molecule has 0 heterocycles. The summed E-state index contributed by atoms with van der Waals surface area (Å²) >= 11 is 0. The lowest BCUT2D eigenvalue weighted by atomic mass is 10.1. The normalized spacial score (nSPS) is 10.8. The van der Waals surface area contributed by atoms with Crippen LogP contribution < -0.4 is 10.1 Å². The molecule has 3 heteroatoms. The Labute approximate surface area is 123 Å². The van der Waals surface area contributed by atoms with Gasteiger partial charge in [0.25, 0.3) is 0 Å². The number of benzene rings is 1. The quantitative estimate of drug-likeness (QED) is 0.647. The van der Waals surface area contributed by atoms with Crippen molar-refractivity contribution in [3.8, 4) is 5.75 Å². The third kappa shape index (κ3) is 6.40. The van der Waals surface area contributed by atoms with E-state index in [-0.39, 0.29) is 6.61 Å². The SMILES string of the molecule is Cc1cc(C)c(OCCCCCCNCCO)c(C)c1. The summed E-state index contributed by atoms with van der Waals surface area (Å²) in [4.78, 5) is 0. The molecule has 0 aliphatic heterocycles. The summed E-state index contributed by atoms with van der Waals surface area (Å²) in [6, 6.07) is 4.35. The van der Waals surface area contributed by atoms with Crippen LogP contribution in [0.15, 0.2) is 12.1 Å². The highest BCUT2D eigenvalue weighted by molar-refractivity contribution is 5.42. The molecule has 3 nitrogen and oxygen atoms in total. The first-order valence-electron chi connectivity index (χ1n) is 7.67. The molecular formula is C17H29NO2. The topological polar surface area (TPSA) is 41.5 Å². The Morgan fingerprint density at radius 3 is 2.25 bits per heavy atom. The van der Waals surface area contributed by atoms with E-state index in [2.05, 4.69) is 38.2 Å². The van der Waals surface area contributed by atoms with Gasteiger partial charge >= 0.3 is 0 Å². The predicted octanol–water partition coefficient (Wildman–Crippen LogP) is 3.13. The van der Waals surface area contributed by atoms with Crippen molar-refractivity contribution in [2.75, 3.05) is 26.3 Å². The summed E-state index contributed by atoms with van der Waals surface area (Å²) in [7, 11) is 0. The van der Waals surface area contributed by atoms with Crippen molar-refractivity contribution in [2.45, 2.75) is 46.5 Å². The highest BCUT2D eigenvalue weighted by atomic mass is 16.5. The van der Waals surface area contributed by atoms with Gasteiger partial charge in [0.2, 0.25) is 0 Å². The fraction of sp³-hybridized carbons (Fsp3) is 0.647. The van der Waals surface area contributed by atoms with E-state index >= 15 is 0 Å². The Morgan fingerprint density at radius 2 is 1.60 bits per heavy atom. The molecule has 0 aromatic heterocycles. The van der Waals surface area contributed by atoms with Gasteiger partial charge in [-0.3, -0.25) is 0 Å². The molecule has 0 saturated heterocycles. The minimum absolute atomic E-state index is 0.225. The van der Waals surface area contributed by atoms with Gasteiger partial charge in [-0.15, -0.1) is 0 Å². The molecule has 0 bridgehead atoms. The Bertz CT molecular complexity index is 368. The summed E-state index contributed by atoms with van der Waals surface area (Å²) in [6.07, 6.45) is 4.69. The maximum atomic E-state index is 8.63. The number of rotatable bonds is 10. The summed E-state index contributed by atoms with van der Waals surface area (Å²) < 4.78 is 5.92. The van der Waals surface area contributed by atoms with Crippen LogP contribution in [0.5, 0.6) is 5.75 Å². The zero-order valence-electron chi connectivity index (χ0n) is 13.2. The lowest BCUT2D eigenvalue weighted by molar-refractivity contribution is 0.290. The first-order valence-corrected chi connectivity index (χ1v) is 7.67. The minimum Gasteiger partial charge on any atom is -0.493 e. The molecule has 0 unspecified atom stereocenters. The zero-order chi connectivity index (χ0) is 14.8. The van der Waals surface area contributed by atoms with Crippen molar-refractivity contribution in [1.29, 1.82) is 0 Å². The van der Waals surface area contributed by atoms with Gasteiger partial charge in [-0.2, -0.15) is 0 Å². The lowest BCUT2D eigenvalue weighted by Crippen LogP contribution is -2.19. The summed E-state index contributed by atoms with van der Waals surface area (Å²) in [5.41, 5.74) is 3.76. The molecule has 2 N–H and O–H groups in total. The molecule has 0 aliphatic carbocycles. The number of nitrogens with one attached hydrogen (secondary N) is 1. The summed E-state index contributed by atoms with van der Waals surface area (Å²) in [5, 5.41) is 11.8. The fourth-order valence-corrected chi connectivity index (χ4v) is 2.48. The average molecular weight is 279 g/mol. The second kappa shape index (κ2) is 9.78. The molecule has 1 aromatic carbocycles. The van der Waals surface area contributed by atoms with Crippen LogP contribution >= 0.6 is 0 Å². The lowest BCUT2D eigenvalue weighted by Gasteiger charge is -2.13. The number of hydrogen-bond acceptors (Lipinski definition) is 3. The Hall–Kier alpha value is -1.06. The monoisotopic (exact) mass is 279 g/mol. The molecule has 1 aromatic rings. The summed E-state index contributed by atoms with van der Waals surface area (Å²) in [6.45, 7) is 9.07. The maximum Gasteiger partial charge on any atom is 0.125 e. The standard InChI is InChI=1S/C17H29NO2/c1-14-12-15(2)17(16(3)13-14)20-11-7-5-4-6-8-18-9-10-19/h12-13,18-19H,4-11H2,1-3H3. The van der Waals surface area contributed by atoms with Crippen LogP contribution in [0.3, 0.4) is 0 Å².